The molecular weight excluding hydrogens is 421 g/mol. The topological polar surface area (TPSA) is 81.5 Å². The number of nitrogens with one attached hydrogen (secondary N) is 1. The number of ether oxygens (including phenoxy) is 1. The predicted octanol–water partition coefficient (Wildman–Crippen LogP) is 2.28. The van der Waals surface area contributed by atoms with Crippen molar-refractivity contribution in [2.45, 2.75) is 37.8 Å². The van der Waals surface area contributed by atoms with Crippen molar-refractivity contribution in [2.24, 2.45) is 0 Å². The molecule has 2 saturated heterocycles. The Morgan fingerprint density at radius 2 is 2.13 bits per heavy atom. The van der Waals surface area contributed by atoms with E-state index >= 15 is 0 Å². The van der Waals surface area contributed by atoms with Gasteiger partial charge in [0.1, 0.15) is 12.2 Å². The number of likely N-dealkylation sites (tertiary alicyclic amines) is 1. The number of rotatable bonds is 3. The monoisotopic (exact) mass is 447 g/mol. The molecule has 7 nitrogen and oxygen atoms in total. The van der Waals surface area contributed by atoms with Crippen LogP contribution in [0.25, 0.3) is 10.9 Å². The second-order valence-corrected chi connectivity index (χ2v) is 8.17. The first kappa shape index (κ1) is 23.2. The summed E-state index contributed by atoms with van der Waals surface area (Å²) >= 11 is 0. The number of amides is 1. The van der Waals surface area contributed by atoms with E-state index in [4.69, 9.17) is 4.74 Å². The Hall–Kier alpha value is -2.47. The second-order valence-electron chi connectivity index (χ2n) is 8.17. The van der Waals surface area contributed by atoms with Crippen LogP contribution < -0.4 is 10.2 Å². The number of hydrogen-bond donors (Lipinski definition) is 1. The fourth-order valence-electron chi connectivity index (χ4n) is 4.31. The highest BCUT2D eigenvalue weighted by Gasteiger charge is 2.35. The van der Waals surface area contributed by atoms with E-state index in [-0.39, 0.29) is 24.4 Å². The van der Waals surface area contributed by atoms with Crippen molar-refractivity contribution in [3.63, 3.8) is 0 Å². The lowest BCUT2D eigenvalue weighted by Crippen LogP contribution is -2.58. The van der Waals surface area contributed by atoms with Gasteiger partial charge in [0.2, 0.25) is 0 Å². The van der Waals surface area contributed by atoms with Crippen LogP contribution in [0.4, 0.5) is 10.1 Å². The summed E-state index contributed by atoms with van der Waals surface area (Å²) in [5.74, 6) is -0.287. The summed E-state index contributed by atoms with van der Waals surface area (Å²) in [5, 5.41) is 13.1. The van der Waals surface area contributed by atoms with Gasteiger partial charge in [-0.2, -0.15) is 5.26 Å². The number of anilines is 1. The largest absolute Gasteiger partial charge is 0.365 e. The van der Waals surface area contributed by atoms with Crippen LogP contribution in [0, 0.1) is 11.3 Å². The molecule has 4 rings (SSSR count). The predicted molar refractivity (Wildman–Crippen MR) is 119 cm³/mol. The molecular formula is C22H27ClFN5O2. The number of hydrogen-bond acceptors (Lipinski definition) is 6. The Morgan fingerprint density at radius 3 is 2.90 bits per heavy atom. The van der Waals surface area contributed by atoms with Crippen LogP contribution >= 0.6 is 12.4 Å². The maximum absolute atomic E-state index is 14.3. The van der Waals surface area contributed by atoms with Gasteiger partial charge < -0.3 is 19.9 Å². The third-order valence-corrected chi connectivity index (χ3v) is 5.82. The van der Waals surface area contributed by atoms with Crippen LogP contribution in [-0.2, 0) is 9.53 Å². The fraction of sp³-hybridized carbons (Fsp3) is 0.500. The minimum Gasteiger partial charge on any atom is -0.365 e. The molecule has 0 spiro atoms. The standard InChI is InChI=1S/C22H26FN5O2.ClH/c1-14-11-28(19-6-5-15(10-24)21-16(19)4-3-8-25-21)13-20(30-14)22(29)26-18-12-27(2)9-7-17(18)23;/h3-6,8,14,17-18,20H,7,9,11-13H2,1-2H3,(H,26,29);1H. The van der Waals surface area contributed by atoms with Crippen molar-refractivity contribution in [3.8, 4) is 6.07 Å². The number of likely N-dealkylation sites (N-methyl/N-ethyl adjacent to an activating group) is 1. The molecule has 4 unspecified atom stereocenters. The first-order valence-electron chi connectivity index (χ1n) is 10.3. The maximum atomic E-state index is 14.3. The number of nitrogens with zero attached hydrogens (tertiary/aromatic N) is 4. The van der Waals surface area contributed by atoms with E-state index in [1.807, 2.05) is 37.1 Å². The molecule has 1 aromatic heterocycles. The zero-order valence-corrected chi connectivity index (χ0v) is 18.4. The molecule has 0 aliphatic carbocycles. The number of halogens is 2. The number of nitriles is 1. The van der Waals surface area contributed by atoms with Crippen molar-refractivity contribution in [1.82, 2.24) is 15.2 Å². The van der Waals surface area contributed by atoms with Crippen LogP contribution in [0.15, 0.2) is 30.5 Å². The van der Waals surface area contributed by atoms with E-state index in [1.165, 1.54) is 0 Å². The van der Waals surface area contributed by atoms with Crippen molar-refractivity contribution in [1.29, 1.82) is 5.26 Å². The summed E-state index contributed by atoms with van der Waals surface area (Å²) < 4.78 is 20.2. The van der Waals surface area contributed by atoms with Crippen molar-refractivity contribution >= 4 is 34.9 Å². The first-order chi connectivity index (χ1) is 14.5. The van der Waals surface area contributed by atoms with E-state index in [0.717, 1.165) is 11.1 Å². The van der Waals surface area contributed by atoms with Crippen molar-refractivity contribution in [2.75, 3.05) is 38.1 Å². The van der Waals surface area contributed by atoms with E-state index in [0.29, 0.717) is 43.7 Å². The fourth-order valence-corrected chi connectivity index (χ4v) is 4.31. The number of pyridine rings is 1. The second kappa shape index (κ2) is 9.77. The lowest BCUT2D eigenvalue weighted by Gasteiger charge is -2.39. The van der Waals surface area contributed by atoms with Crippen LogP contribution in [0.3, 0.4) is 0 Å². The number of fused-ring (bicyclic) bond motifs is 1. The van der Waals surface area contributed by atoms with E-state index in [9.17, 15) is 14.4 Å². The van der Waals surface area contributed by atoms with Gasteiger partial charge in [-0.15, -0.1) is 12.4 Å². The molecule has 0 bridgehead atoms. The Morgan fingerprint density at radius 1 is 1.32 bits per heavy atom. The molecule has 1 N–H and O–H groups in total. The summed E-state index contributed by atoms with van der Waals surface area (Å²) in [4.78, 5) is 21.4. The van der Waals surface area contributed by atoms with Gasteiger partial charge in [0.15, 0.2) is 6.10 Å². The minimum absolute atomic E-state index is 0. The number of morpholine rings is 1. The third kappa shape index (κ3) is 4.90. The third-order valence-electron chi connectivity index (χ3n) is 5.82. The molecule has 1 amide bonds. The van der Waals surface area contributed by atoms with E-state index in [1.54, 1.807) is 12.3 Å². The Labute approximate surface area is 187 Å². The minimum atomic E-state index is -1.05. The zero-order valence-electron chi connectivity index (χ0n) is 17.6. The lowest BCUT2D eigenvalue weighted by molar-refractivity contribution is -0.139. The van der Waals surface area contributed by atoms with Gasteiger partial charge in [-0.1, -0.05) is 0 Å². The molecule has 2 aromatic rings. The molecule has 166 valence electrons. The van der Waals surface area contributed by atoms with Crippen LogP contribution in [0.1, 0.15) is 18.9 Å². The summed E-state index contributed by atoms with van der Waals surface area (Å²) in [6.45, 7) is 4.06. The quantitative estimate of drug-likeness (QED) is 0.777. The van der Waals surface area contributed by atoms with Gasteiger partial charge in [-0.05, 0) is 44.7 Å². The van der Waals surface area contributed by atoms with Gasteiger partial charge in [-0.25, -0.2) is 4.39 Å². The molecule has 0 saturated carbocycles. The van der Waals surface area contributed by atoms with Crippen LogP contribution in [-0.4, -0.2) is 73.4 Å². The highest BCUT2D eigenvalue weighted by molar-refractivity contribution is 5.95. The van der Waals surface area contributed by atoms with Gasteiger partial charge in [0, 0.05) is 36.9 Å². The normalized spacial score (nSPS) is 26.7. The number of benzene rings is 1. The van der Waals surface area contributed by atoms with Crippen molar-refractivity contribution < 1.29 is 13.9 Å². The molecule has 0 radical (unpaired) electrons. The van der Waals surface area contributed by atoms with E-state index < -0.39 is 18.3 Å². The Kier molecular flexibility index (Phi) is 7.31. The number of piperidine rings is 1. The Bertz CT molecular complexity index is 984. The first-order valence-corrected chi connectivity index (χ1v) is 10.3. The lowest BCUT2D eigenvalue weighted by atomic mass is 10.0. The average molecular weight is 448 g/mol. The van der Waals surface area contributed by atoms with Gasteiger partial charge >= 0.3 is 0 Å². The summed E-state index contributed by atoms with van der Waals surface area (Å²) in [5.41, 5.74) is 2.06. The summed E-state index contributed by atoms with van der Waals surface area (Å²) in [6.07, 6.45) is 0.165. The zero-order chi connectivity index (χ0) is 21.3. The highest BCUT2D eigenvalue weighted by atomic mass is 35.5. The van der Waals surface area contributed by atoms with Crippen LogP contribution in [0.5, 0.6) is 0 Å². The summed E-state index contributed by atoms with van der Waals surface area (Å²) in [6, 6.07) is 9.07. The van der Waals surface area contributed by atoms with Crippen molar-refractivity contribution in [3.05, 3.63) is 36.0 Å². The summed E-state index contributed by atoms with van der Waals surface area (Å²) in [7, 11) is 1.93. The van der Waals surface area contributed by atoms with Crippen LogP contribution in [0.2, 0.25) is 0 Å². The molecule has 31 heavy (non-hydrogen) atoms. The molecule has 2 aliphatic heterocycles. The molecule has 2 fully saturated rings. The van der Waals surface area contributed by atoms with E-state index in [2.05, 4.69) is 21.3 Å². The SMILES string of the molecule is CC1CN(c2ccc(C#N)c3ncccc23)CC(C(=O)NC2CN(C)CCC2F)O1.Cl. The number of aromatic nitrogens is 1. The van der Waals surface area contributed by atoms with Gasteiger partial charge in [-0.3, -0.25) is 9.78 Å². The molecule has 3 heterocycles. The molecule has 9 heteroatoms. The number of carbonyl (C=O) groups excluding carboxylic acids is 1. The highest BCUT2D eigenvalue weighted by Crippen LogP contribution is 2.30. The molecule has 2 aliphatic rings. The molecule has 1 aromatic carbocycles. The van der Waals surface area contributed by atoms with Gasteiger partial charge in [0.05, 0.1) is 29.8 Å². The molecule has 4 atom stereocenters. The Balaban J connectivity index is 0.00000272. The smallest absolute Gasteiger partial charge is 0.251 e. The number of carbonyl (C=O) groups is 1. The average Bonchev–Trinajstić information content (AvgIpc) is 2.75. The maximum Gasteiger partial charge on any atom is 0.251 e. The van der Waals surface area contributed by atoms with Gasteiger partial charge in [0.25, 0.3) is 5.91 Å². The number of alkyl halides is 1.